The third-order valence-electron chi connectivity index (χ3n) is 7.09. The second-order valence-corrected chi connectivity index (χ2v) is 9.56. The fourth-order valence-corrected chi connectivity index (χ4v) is 5.06. The molecule has 1 N–H and O–H groups in total. The van der Waals surface area contributed by atoms with E-state index in [1.807, 2.05) is 24.3 Å². The lowest BCUT2D eigenvalue weighted by Gasteiger charge is -2.33. The minimum absolute atomic E-state index is 0.0848. The number of anilines is 1. The number of amides is 2. The summed E-state index contributed by atoms with van der Waals surface area (Å²) in [6, 6.07) is 18.5. The van der Waals surface area contributed by atoms with Gasteiger partial charge in [0.15, 0.2) is 11.5 Å². The van der Waals surface area contributed by atoms with Gasteiger partial charge in [-0.05, 0) is 55.3 Å². The van der Waals surface area contributed by atoms with E-state index < -0.39 is 6.04 Å². The van der Waals surface area contributed by atoms with Crippen molar-refractivity contribution in [2.75, 3.05) is 39.4 Å². The standard InChI is InChI=1S/C30H33N5O6/c1-38-21-15-13-20(14-16-21)35(27(36)19-34-25-11-5-4-10-24(25)32-33-34)28(30(37)31-18-22-8-7-17-41-22)23-9-6-12-26(39-2)29(23)40-3/h4-6,9-16,22,28H,7-8,17-19H2,1-3H3,(H,31,37)/t22-,28+/m1/s1. The van der Waals surface area contributed by atoms with Crippen LogP contribution in [0.4, 0.5) is 5.69 Å². The largest absolute Gasteiger partial charge is 0.497 e. The Morgan fingerprint density at radius 1 is 1.02 bits per heavy atom. The van der Waals surface area contributed by atoms with Crippen molar-refractivity contribution in [1.82, 2.24) is 20.3 Å². The third kappa shape index (κ3) is 5.94. The monoisotopic (exact) mass is 559 g/mol. The maximum Gasteiger partial charge on any atom is 0.249 e. The lowest BCUT2D eigenvalue weighted by Crippen LogP contribution is -2.46. The van der Waals surface area contributed by atoms with E-state index in [2.05, 4.69) is 15.6 Å². The topological polar surface area (TPSA) is 117 Å². The third-order valence-corrected chi connectivity index (χ3v) is 7.09. The van der Waals surface area contributed by atoms with Crippen LogP contribution in [-0.4, -0.2) is 67.4 Å². The lowest BCUT2D eigenvalue weighted by atomic mass is 10.0. The van der Waals surface area contributed by atoms with Crippen molar-refractivity contribution < 1.29 is 28.5 Å². The molecule has 1 aliphatic rings. The van der Waals surface area contributed by atoms with Crippen LogP contribution in [0.15, 0.2) is 66.7 Å². The Morgan fingerprint density at radius 3 is 2.54 bits per heavy atom. The number of ether oxygens (including phenoxy) is 4. The van der Waals surface area contributed by atoms with Gasteiger partial charge in [-0.15, -0.1) is 5.10 Å². The molecular weight excluding hydrogens is 526 g/mol. The van der Waals surface area contributed by atoms with Crippen LogP contribution in [-0.2, 0) is 20.9 Å². The molecule has 2 amide bonds. The molecule has 0 spiro atoms. The quantitative estimate of drug-likeness (QED) is 0.297. The first-order valence-corrected chi connectivity index (χ1v) is 13.4. The number of carbonyl (C=O) groups excluding carboxylic acids is 2. The number of hydrogen-bond donors (Lipinski definition) is 1. The Balaban J connectivity index is 1.60. The highest BCUT2D eigenvalue weighted by atomic mass is 16.5. The normalized spacial score (nSPS) is 15.3. The van der Waals surface area contributed by atoms with Gasteiger partial charge < -0.3 is 24.3 Å². The number of aromatic nitrogens is 3. The van der Waals surface area contributed by atoms with Gasteiger partial charge in [-0.25, -0.2) is 4.68 Å². The van der Waals surface area contributed by atoms with Crippen LogP contribution in [0.1, 0.15) is 24.4 Å². The Bertz CT molecular complexity index is 1500. The summed E-state index contributed by atoms with van der Waals surface area (Å²) in [5.74, 6) is 0.630. The molecule has 4 aromatic rings. The van der Waals surface area contributed by atoms with Crippen LogP contribution in [0.5, 0.6) is 17.2 Å². The van der Waals surface area contributed by atoms with Crippen molar-refractivity contribution >= 4 is 28.5 Å². The fourth-order valence-electron chi connectivity index (χ4n) is 5.06. The minimum atomic E-state index is -1.11. The van der Waals surface area contributed by atoms with Gasteiger partial charge in [0.25, 0.3) is 0 Å². The first-order chi connectivity index (χ1) is 20.0. The Morgan fingerprint density at radius 2 is 1.83 bits per heavy atom. The molecule has 1 aromatic heterocycles. The van der Waals surface area contributed by atoms with Crippen LogP contribution in [0.3, 0.4) is 0 Å². The van der Waals surface area contributed by atoms with Crippen molar-refractivity contribution in [3.05, 3.63) is 72.3 Å². The first-order valence-electron chi connectivity index (χ1n) is 13.4. The van der Waals surface area contributed by atoms with Crippen LogP contribution >= 0.6 is 0 Å². The average Bonchev–Trinajstić information content (AvgIpc) is 3.68. The smallest absolute Gasteiger partial charge is 0.249 e. The summed E-state index contributed by atoms with van der Waals surface area (Å²) in [5, 5.41) is 11.4. The van der Waals surface area contributed by atoms with E-state index in [9.17, 15) is 9.59 Å². The second-order valence-electron chi connectivity index (χ2n) is 9.56. The van der Waals surface area contributed by atoms with E-state index in [0.29, 0.717) is 52.7 Å². The van der Waals surface area contributed by atoms with Crippen molar-refractivity contribution in [1.29, 1.82) is 0 Å². The molecule has 11 heteroatoms. The van der Waals surface area contributed by atoms with E-state index >= 15 is 0 Å². The summed E-state index contributed by atoms with van der Waals surface area (Å²) in [6.45, 7) is 0.824. The highest BCUT2D eigenvalue weighted by Crippen LogP contribution is 2.39. The molecule has 2 heterocycles. The molecule has 1 fully saturated rings. The molecule has 5 rings (SSSR count). The fraction of sp³-hybridized carbons (Fsp3) is 0.333. The van der Waals surface area contributed by atoms with Crippen molar-refractivity contribution in [2.24, 2.45) is 0 Å². The number of para-hydroxylation sites is 2. The number of carbonyl (C=O) groups is 2. The summed E-state index contributed by atoms with van der Waals surface area (Å²) in [7, 11) is 4.59. The molecule has 214 valence electrons. The summed E-state index contributed by atoms with van der Waals surface area (Å²) in [6.07, 6.45) is 1.71. The SMILES string of the molecule is COc1ccc(N(C(=O)Cn2nnc3ccccc32)[C@H](C(=O)NC[C@H]2CCCO2)c2cccc(OC)c2OC)cc1. The number of methoxy groups -OCH3 is 3. The van der Waals surface area contributed by atoms with Crippen molar-refractivity contribution in [3.8, 4) is 17.2 Å². The summed E-state index contributed by atoms with van der Waals surface area (Å²) < 4.78 is 23.9. The number of rotatable bonds is 11. The molecule has 0 aliphatic carbocycles. The Labute approximate surface area is 237 Å². The molecule has 11 nitrogen and oxygen atoms in total. The predicted octanol–water partition coefficient (Wildman–Crippen LogP) is 3.53. The van der Waals surface area contributed by atoms with E-state index in [4.69, 9.17) is 18.9 Å². The van der Waals surface area contributed by atoms with Gasteiger partial charge in [-0.3, -0.25) is 14.5 Å². The van der Waals surface area contributed by atoms with Gasteiger partial charge in [-0.1, -0.05) is 29.5 Å². The van der Waals surface area contributed by atoms with E-state index in [1.54, 1.807) is 49.6 Å². The zero-order valence-electron chi connectivity index (χ0n) is 23.3. The van der Waals surface area contributed by atoms with Crippen LogP contribution in [0.25, 0.3) is 11.0 Å². The van der Waals surface area contributed by atoms with Gasteiger partial charge in [0.2, 0.25) is 11.8 Å². The van der Waals surface area contributed by atoms with Gasteiger partial charge in [0.1, 0.15) is 23.9 Å². The maximum absolute atomic E-state index is 14.3. The average molecular weight is 560 g/mol. The second kappa shape index (κ2) is 12.7. The minimum Gasteiger partial charge on any atom is -0.497 e. The number of hydrogen-bond acceptors (Lipinski definition) is 8. The zero-order valence-corrected chi connectivity index (χ0v) is 23.3. The van der Waals surface area contributed by atoms with E-state index in [0.717, 1.165) is 12.8 Å². The van der Waals surface area contributed by atoms with Crippen molar-refractivity contribution in [2.45, 2.75) is 31.5 Å². The van der Waals surface area contributed by atoms with E-state index in [-0.39, 0.29) is 24.5 Å². The van der Waals surface area contributed by atoms with Gasteiger partial charge in [-0.2, -0.15) is 0 Å². The number of nitrogens with one attached hydrogen (secondary N) is 1. The van der Waals surface area contributed by atoms with Crippen LogP contribution < -0.4 is 24.4 Å². The van der Waals surface area contributed by atoms with Crippen molar-refractivity contribution in [3.63, 3.8) is 0 Å². The highest BCUT2D eigenvalue weighted by molar-refractivity contribution is 6.02. The molecule has 0 saturated carbocycles. The van der Waals surface area contributed by atoms with E-state index in [1.165, 1.54) is 23.8 Å². The molecule has 0 unspecified atom stereocenters. The number of benzene rings is 3. The van der Waals surface area contributed by atoms with Gasteiger partial charge in [0, 0.05) is 24.4 Å². The van der Waals surface area contributed by atoms with Crippen LogP contribution in [0, 0.1) is 0 Å². The maximum atomic E-state index is 14.3. The molecule has 1 aliphatic heterocycles. The zero-order chi connectivity index (χ0) is 28.8. The molecule has 41 heavy (non-hydrogen) atoms. The summed E-state index contributed by atoms with van der Waals surface area (Å²) in [5.41, 5.74) is 2.32. The summed E-state index contributed by atoms with van der Waals surface area (Å²) >= 11 is 0. The van der Waals surface area contributed by atoms with Crippen LogP contribution in [0.2, 0.25) is 0 Å². The molecule has 0 bridgehead atoms. The highest BCUT2D eigenvalue weighted by Gasteiger charge is 2.36. The molecule has 2 atom stereocenters. The first kappa shape index (κ1) is 27.9. The molecule has 1 saturated heterocycles. The molecule has 0 radical (unpaired) electrons. The molecule has 3 aromatic carbocycles. The Kier molecular flexibility index (Phi) is 8.64. The van der Waals surface area contributed by atoms with Gasteiger partial charge >= 0.3 is 0 Å². The predicted molar refractivity (Wildman–Crippen MR) is 152 cm³/mol. The number of nitrogens with zero attached hydrogens (tertiary/aromatic N) is 4. The molecular formula is C30H33N5O6. The number of fused-ring (bicyclic) bond motifs is 1. The summed E-state index contributed by atoms with van der Waals surface area (Å²) in [4.78, 5) is 29.8. The van der Waals surface area contributed by atoms with Gasteiger partial charge in [0.05, 0.1) is 33.0 Å². The Hall–Kier alpha value is -4.64. The lowest BCUT2D eigenvalue weighted by molar-refractivity contribution is -0.127.